The van der Waals surface area contributed by atoms with Crippen molar-refractivity contribution in [2.45, 2.75) is 0 Å². The van der Waals surface area contributed by atoms with Crippen LogP contribution in [0, 0.1) is 10.1 Å². The lowest BCUT2D eigenvalue weighted by molar-refractivity contribution is -0.384. The fraction of sp³-hybridized carbons (Fsp3) is 0. The average molecular weight is 243 g/mol. The summed E-state index contributed by atoms with van der Waals surface area (Å²) >= 11 is 0. The highest BCUT2D eigenvalue weighted by molar-refractivity contribution is 6.04. The molecule has 18 heavy (non-hydrogen) atoms. The lowest BCUT2D eigenvalue weighted by Crippen LogP contribution is -2.12. The monoisotopic (exact) mass is 243 g/mol. The molecule has 2 rings (SSSR count). The summed E-state index contributed by atoms with van der Waals surface area (Å²) in [5.41, 5.74) is 0.0959. The molecule has 1 aromatic heterocycles. The van der Waals surface area contributed by atoms with Crippen LogP contribution in [0.5, 0.6) is 0 Å². The summed E-state index contributed by atoms with van der Waals surface area (Å²) in [5.74, 6) is -0.0357. The van der Waals surface area contributed by atoms with Gasteiger partial charge in [0.25, 0.3) is 11.6 Å². The quantitative estimate of drug-likeness (QED) is 0.661. The number of carbonyl (C=O) groups is 1. The Morgan fingerprint density at radius 1 is 1.22 bits per heavy atom. The Morgan fingerprint density at radius 3 is 2.72 bits per heavy atom. The van der Waals surface area contributed by atoms with E-state index in [-0.39, 0.29) is 11.3 Å². The zero-order chi connectivity index (χ0) is 13.0. The van der Waals surface area contributed by atoms with Gasteiger partial charge in [0.2, 0.25) is 0 Å². The first-order chi connectivity index (χ1) is 8.66. The van der Waals surface area contributed by atoms with Crippen LogP contribution in [-0.4, -0.2) is 15.8 Å². The molecule has 2 aromatic rings. The summed E-state index contributed by atoms with van der Waals surface area (Å²) < 4.78 is 0. The molecule has 0 saturated carbocycles. The van der Waals surface area contributed by atoms with E-state index in [0.717, 1.165) is 0 Å². The maximum atomic E-state index is 11.8. The minimum atomic E-state index is -0.544. The van der Waals surface area contributed by atoms with Gasteiger partial charge in [0.1, 0.15) is 5.82 Å². The predicted molar refractivity (Wildman–Crippen MR) is 65.3 cm³/mol. The van der Waals surface area contributed by atoms with E-state index in [1.807, 2.05) is 0 Å². The van der Waals surface area contributed by atoms with E-state index < -0.39 is 10.8 Å². The maximum Gasteiger partial charge on any atom is 0.270 e. The van der Waals surface area contributed by atoms with Gasteiger partial charge in [-0.1, -0.05) is 12.1 Å². The van der Waals surface area contributed by atoms with Gasteiger partial charge in [-0.2, -0.15) is 0 Å². The van der Waals surface area contributed by atoms with E-state index in [9.17, 15) is 14.9 Å². The molecule has 0 aliphatic carbocycles. The summed E-state index contributed by atoms with van der Waals surface area (Å²) in [6.45, 7) is 0. The zero-order valence-electron chi connectivity index (χ0n) is 9.24. The lowest BCUT2D eigenvalue weighted by atomic mass is 10.2. The number of aromatic nitrogens is 1. The Labute approximate surface area is 102 Å². The van der Waals surface area contributed by atoms with Crippen LogP contribution in [0.1, 0.15) is 10.4 Å². The number of nitro benzene ring substituents is 1. The minimum absolute atomic E-state index is 0.122. The molecule has 0 saturated heterocycles. The average Bonchev–Trinajstić information content (AvgIpc) is 2.40. The Kier molecular flexibility index (Phi) is 3.29. The van der Waals surface area contributed by atoms with E-state index >= 15 is 0 Å². The molecule has 0 fully saturated rings. The van der Waals surface area contributed by atoms with Gasteiger partial charge < -0.3 is 5.32 Å². The Hall–Kier alpha value is -2.76. The maximum absolute atomic E-state index is 11.8. The van der Waals surface area contributed by atoms with Gasteiger partial charge in [-0.05, 0) is 18.2 Å². The fourth-order valence-corrected chi connectivity index (χ4v) is 1.39. The van der Waals surface area contributed by atoms with E-state index in [2.05, 4.69) is 10.3 Å². The van der Waals surface area contributed by atoms with Gasteiger partial charge in [-0.3, -0.25) is 14.9 Å². The highest BCUT2D eigenvalue weighted by Crippen LogP contribution is 2.14. The van der Waals surface area contributed by atoms with Gasteiger partial charge in [0, 0.05) is 23.9 Å². The third kappa shape index (κ3) is 2.67. The van der Waals surface area contributed by atoms with E-state index in [4.69, 9.17) is 0 Å². The molecule has 0 atom stereocenters. The Bertz CT molecular complexity index is 584. The molecule has 0 bridgehead atoms. The highest BCUT2D eigenvalue weighted by atomic mass is 16.6. The van der Waals surface area contributed by atoms with Crippen LogP contribution < -0.4 is 5.32 Å². The number of carbonyl (C=O) groups excluding carboxylic acids is 1. The molecule has 1 amide bonds. The highest BCUT2D eigenvalue weighted by Gasteiger charge is 2.11. The number of nitrogens with one attached hydrogen (secondary N) is 1. The molecule has 1 heterocycles. The third-order valence-electron chi connectivity index (χ3n) is 2.23. The zero-order valence-corrected chi connectivity index (χ0v) is 9.24. The van der Waals surface area contributed by atoms with Crippen LogP contribution in [0.15, 0.2) is 48.7 Å². The number of pyridine rings is 1. The second-order valence-electron chi connectivity index (χ2n) is 3.48. The summed E-state index contributed by atoms with van der Waals surface area (Å²) in [6.07, 6.45) is 1.54. The standard InChI is InChI=1S/C12H9N3O3/c16-12(14-11-6-1-2-7-13-11)9-4-3-5-10(8-9)15(17)18/h1-8H,(H,13,14,16). The van der Waals surface area contributed by atoms with Crippen LogP contribution in [0.2, 0.25) is 0 Å². The van der Waals surface area contributed by atoms with Crippen molar-refractivity contribution in [2.75, 3.05) is 5.32 Å². The van der Waals surface area contributed by atoms with Crippen LogP contribution in [0.25, 0.3) is 0 Å². The lowest BCUT2D eigenvalue weighted by Gasteiger charge is -2.03. The van der Waals surface area contributed by atoms with E-state index in [1.54, 1.807) is 24.4 Å². The predicted octanol–water partition coefficient (Wildman–Crippen LogP) is 2.24. The van der Waals surface area contributed by atoms with Crippen molar-refractivity contribution in [1.29, 1.82) is 0 Å². The van der Waals surface area contributed by atoms with Gasteiger partial charge in [0.05, 0.1) is 4.92 Å². The van der Waals surface area contributed by atoms with Crippen LogP contribution in [-0.2, 0) is 0 Å². The van der Waals surface area contributed by atoms with Crippen LogP contribution in [0.4, 0.5) is 11.5 Å². The normalized spacial score (nSPS) is 9.78. The molecule has 0 aliphatic rings. The number of nitrogens with zero attached hydrogens (tertiary/aromatic N) is 2. The molecular formula is C12H9N3O3. The molecule has 6 nitrogen and oxygen atoms in total. The van der Waals surface area contributed by atoms with Crippen molar-refractivity contribution in [3.05, 3.63) is 64.3 Å². The van der Waals surface area contributed by atoms with Crippen LogP contribution >= 0.6 is 0 Å². The number of amides is 1. The molecular weight excluding hydrogens is 234 g/mol. The van der Waals surface area contributed by atoms with Gasteiger partial charge in [-0.15, -0.1) is 0 Å². The number of non-ortho nitro benzene ring substituents is 1. The van der Waals surface area contributed by atoms with Crippen molar-refractivity contribution >= 4 is 17.4 Å². The summed E-state index contributed by atoms with van der Waals surface area (Å²) in [7, 11) is 0. The molecule has 0 unspecified atom stereocenters. The number of hydrogen-bond acceptors (Lipinski definition) is 4. The Morgan fingerprint density at radius 2 is 2.06 bits per heavy atom. The van der Waals surface area contributed by atoms with Crippen LogP contribution in [0.3, 0.4) is 0 Å². The first kappa shape index (κ1) is 11.7. The van der Waals surface area contributed by atoms with Crippen molar-refractivity contribution in [2.24, 2.45) is 0 Å². The fourth-order valence-electron chi connectivity index (χ4n) is 1.39. The SMILES string of the molecule is O=C(Nc1ccccn1)c1cccc([N+](=O)[O-])c1. The Balaban J connectivity index is 2.19. The van der Waals surface area contributed by atoms with Gasteiger partial charge in [-0.25, -0.2) is 4.98 Å². The molecule has 1 aromatic carbocycles. The topological polar surface area (TPSA) is 85.1 Å². The number of rotatable bonds is 3. The van der Waals surface area contributed by atoms with Crippen molar-refractivity contribution in [3.63, 3.8) is 0 Å². The molecule has 1 N–H and O–H groups in total. The molecule has 0 spiro atoms. The smallest absolute Gasteiger partial charge is 0.270 e. The molecule has 0 radical (unpaired) electrons. The summed E-state index contributed by atoms with van der Waals surface area (Å²) in [4.78, 5) is 25.8. The van der Waals surface area contributed by atoms with E-state index in [1.165, 1.54) is 24.3 Å². The minimum Gasteiger partial charge on any atom is -0.307 e. The van der Waals surface area contributed by atoms with Gasteiger partial charge >= 0.3 is 0 Å². The summed E-state index contributed by atoms with van der Waals surface area (Å²) in [5, 5.41) is 13.1. The number of hydrogen-bond donors (Lipinski definition) is 1. The first-order valence-corrected chi connectivity index (χ1v) is 5.13. The first-order valence-electron chi connectivity index (χ1n) is 5.13. The number of nitro groups is 1. The number of benzene rings is 1. The second-order valence-corrected chi connectivity index (χ2v) is 3.48. The second kappa shape index (κ2) is 5.05. The molecule has 90 valence electrons. The molecule has 0 aliphatic heterocycles. The molecule has 6 heteroatoms. The van der Waals surface area contributed by atoms with Gasteiger partial charge in [0.15, 0.2) is 0 Å². The largest absolute Gasteiger partial charge is 0.307 e. The third-order valence-corrected chi connectivity index (χ3v) is 2.23. The summed E-state index contributed by atoms with van der Waals surface area (Å²) in [6, 6.07) is 10.6. The van der Waals surface area contributed by atoms with E-state index in [0.29, 0.717) is 5.82 Å². The van der Waals surface area contributed by atoms with Crippen molar-refractivity contribution in [3.8, 4) is 0 Å². The number of anilines is 1. The van der Waals surface area contributed by atoms with Crippen molar-refractivity contribution in [1.82, 2.24) is 4.98 Å². The van der Waals surface area contributed by atoms with Crippen molar-refractivity contribution < 1.29 is 9.72 Å².